The molecule has 3 aromatic rings. The summed E-state index contributed by atoms with van der Waals surface area (Å²) in [7, 11) is 0. The molecule has 0 fully saturated rings. The van der Waals surface area contributed by atoms with Crippen molar-refractivity contribution >= 4 is 34.7 Å². The Morgan fingerprint density at radius 1 is 1.35 bits per heavy atom. The van der Waals surface area contributed by atoms with Crippen LogP contribution in [0, 0.1) is 6.92 Å². The van der Waals surface area contributed by atoms with Crippen molar-refractivity contribution in [1.82, 2.24) is 9.97 Å². The molecule has 0 aliphatic carbocycles. The fourth-order valence-corrected chi connectivity index (χ4v) is 3.50. The second kappa shape index (κ2) is 5.99. The van der Waals surface area contributed by atoms with Gasteiger partial charge >= 0.3 is 0 Å². The predicted octanol–water partition coefficient (Wildman–Crippen LogP) is 5.05. The second-order valence-electron chi connectivity index (χ2n) is 4.08. The lowest BCUT2D eigenvalue weighted by molar-refractivity contribution is 0.542. The van der Waals surface area contributed by atoms with E-state index in [2.05, 4.69) is 9.97 Å². The van der Waals surface area contributed by atoms with Gasteiger partial charge in [0.25, 0.3) is 0 Å². The van der Waals surface area contributed by atoms with Crippen LogP contribution in [0.15, 0.2) is 45.3 Å². The van der Waals surface area contributed by atoms with Crippen molar-refractivity contribution in [3.05, 3.63) is 52.3 Å². The first-order chi connectivity index (χ1) is 9.74. The quantitative estimate of drug-likeness (QED) is 0.630. The lowest BCUT2D eigenvalue weighted by Gasteiger charge is -2.00. The van der Waals surface area contributed by atoms with Crippen molar-refractivity contribution in [1.29, 1.82) is 0 Å². The molecule has 0 radical (unpaired) electrons. The molecule has 0 saturated heterocycles. The molecule has 3 aromatic heterocycles. The molecular formula is C14H11ClN2OS2. The van der Waals surface area contributed by atoms with Crippen LogP contribution in [-0.4, -0.2) is 9.97 Å². The Kier molecular flexibility index (Phi) is 4.10. The van der Waals surface area contributed by atoms with E-state index in [-0.39, 0.29) is 0 Å². The Morgan fingerprint density at radius 2 is 2.25 bits per heavy atom. The SMILES string of the molecule is Cc1oc(-c2cccs2)nc1CSc1ncccc1Cl. The van der Waals surface area contributed by atoms with Crippen LogP contribution in [0.3, 0.4) is 0 Å². The molecule has 102 valence electrons. The summed E-state index contributed by atoms with van der Waals surface area (Å²) in [5.74, 6) is 2.21. The second-order valence-corrected chi connectivity index (χ2v) is 6.40. The van der Waals surface area contributed by atoms with Gasteiger partial charge in [-0.25, -0.2) is 9.97 Å². The molecular weight excluding hydrogens is 312 g/mol. The first-order valence-electron chi connectivity index (χ1n) is 5.97. The Labute approximate surface area is 130 Å². The molecule has 0 bridgehead atoms. The molecule has 0 atom stereocenters. The number of nitrogens with zero attached hydrogens (tertiary/aromatic N) is 2. The average molecular weight is 323 g/mol. The fourth-order valence-electron chi connectivity index (χ4n) is 1.68. The first-order valence-corrected chi connectivity index (χ1v) is 8.22. The van der Waals surface area contributed by atoms with E-state index in [0.29, 0.717) is 16.7 Å². The number of hydrogen-bond donors (Lipinski definition) is 0. The largest absolute Gasteiger partial charge is 0.440 e. The minimum absolute atomic E-state index is 0.664. The highest BCUT2D eigenvalue weighted by molar-refractivity contribution is 7.98. The molecule has 0 aliphatic rings. The maximum absolute atomic E-state index is 6.09. The van der Waals surface area contributed by atoms with Crippen LogP contribution in [-0.2, 0) is 5.75 Å². The summed E-state index contributed by atoms with van der Waals surface area (Å²) in [6.07, 6.45) is 1.74. The van der Waals surface area contributed by atoms with Gasteiger partial charge in [-0.15, -0.1) is 11.3 Å². The zero-order valence-electron chi connectivity index (χ0n) is 10.7. The number of rotatable bonds is 4. The monoisotopic (exact) mass is 322 g/mol. The zero-order valence-corrected chi connectivity index (χ0v) is 13.1. The standard InChI is InChI=1S/C14H11ClN2OS2/c1-9-11(8-20-14-10(15)4-2-6-16-14)17-13(18-9)12-5-3-7-19-12/h2-7H,8H2,1H3. The number of pyridine rings is 1. The number of thiophene rings is 1. The first kappa shape index (κ1) is 13.7. The fraction of sp³-hybridized carbons (Fsp3) is 0.143. The van der Waals surface area contributed by atoms with Crippen molar-refractivity contribution in [3.8, 4) is 10.8 Å². The highest BCUT2D eigenvalue weighted by atomic mass is 35.5. The van der Waals surface area contributed by atoms with E-state index in [4.69, 9.17) is 16.0 Å². The Hall–Kier alpha value is -1.30. The molecule has 3 rings (SSSR count). The minimum atomic E-state index is 0.664. The third kappa shape index (κ3) is 2.90. The Balaban J connectivity index is 1.77. The van der Waals surface area contributed by atoms with E-state index in [1.807, 2.05) is 36.6 Å². The molecule has 0 unspecified atom stereocenters. The van der Waals surface area contributed by atoms with Gasteiger partial charge < -0.3 is 4.42 Å². The van der Waals surface area contributed by atoms with Crippen LogP contribution in [0.1, 0.15) is 11.5 Å². The number of aryl methyl sites for hydroxylation is 1. The van der Waals surface area contributed by atoms with Crippen LogP contribution in [0.5, 0.6) is 0 Å². The number of thioether (sulfide) groups is 1. The van der Waals surface area contributed by atoms with Gasteiger partial charge in [0.2, 0.25) is 5.89 Å². The molecule has 6 heteroatoms. The smallest absolute Gasteiger partial charge is 0.236 e. The predicted molar refractivity (Wildman–Crippen MR) is 83.4 cm³/mol. The van der Waals surface area contributed by atoms with E-state index in [1.54, 1.807) is 29.3 Å². The van der Waals surface area contributed by atoms with Crippen LogP contribution >= 0.6 is 34.7 Å². The van der Waals surface area contributed by atoms with Crippen LogP contribution in [0.2, 0.25) is 5.02 Å². The molecule has 0 amide bonds. The minimum Gasteiger partial charge on any atom is -0.440 e. The molecule has 3 heterocycles. The third-order valence-electron chi connectivity index (χ3n) is 2.69. The number of hydrogen-bond acceptors (Lipinski definition) is 5. The Bertz CT molecular complexity index is 710. The molecule has 0 aromatic carbocycles. The van der Waals surface area contributed by atoms with Gasteiger partial charge in [0.15, 0.2) is 0 Å². The van der Waals surface area contributed by atoms with Gasteiger partial charge in [0.1, 0.15) is 10.8 Å². The highest BCUT2D eigenvalue weighted by Crippen LogP contribution is 2.31. The number of oxazole rings is 1. The van der Waals surface area contributed by atoms with Crippen LogP contribution in [0.25, 0.3) is 10.8 Å². The van der Waals surface area contributed by atoms with Gasteiger partial charge in [-0.1, -0.05) is 29.4 Å². The molecule has 20 heavy (non-hydrogen) atoms. The summed E-state index contributed by atoms with van der Waals surface area (Å²) >= 11 is 9.27. The molecule has 3 nitrogen and oxygen atoms in total. The van der Waals surface area contributed by atoms with Gasteiger partial charge in [-0.05, 0) is 30.5 Å². The van der Waals surface area contributed by atoms with E-state index in [0.717, 1.165) is 21.4 Å². The van der Waals surface area contributed by atoms with E-state index < -0.39 is 0 Å². The maximum Gasteiger partial charge on any atom is 0.236 e. The summed E-state index contributed by atoms with van der Waals surface area (Å²) in [5, 5.41) is 3.49. The molecule has 0 saturated carbocycles. The maximum atomic E-state index is 6.09. The van der Waals surface area contributed by atoms with Gasteiger partial charge in [0, 0.05) is 11.9 Å². The topological polar surface area (TPSA) is 38.9 Å². The van der Waals surface area contributed by atoms with Crippen LogP contribution in [0.4, 0.5) is 0 Å². The molecule has 0 aliphatic heterocycles. The van der Waals surface area contributed by atoms with E-state index >= 15 is 0 Å². The summed E-state index contributed by atoms with van der Waals surface area (Å²) in [6.45, 7) is 1.93. The summed E-state index contributed by atoms with van der Waals surface area (Å²) in [4.78, 5) is 9.85. The van der Waals surface area contributed by atoms with Gasteiger partial charge in [0.05, 0.1) is 15.6 Å². The van der Waals surface area contributed by atoms with Gasteiger partial charge in [-0.3, -0.25) is 0 Å². The molecule has 0 N–H and O–H groups in total. The average Bonchev–Trinajstić information content (AvgIpc) is 3.07. The highest BCUT2D eigenvalue weighted by Gasteiger charge is 2.13. The normalized spacial score (nSPS) is 10.9. The van der Waals surface area contributed by atoms with Crippen molar-refractivity contribution in [2.45, 2.75) is 17.7 Å². The van der Waals surface area contributed by atoms with Crippen molar-refractivity contribution in [3.63, 3.8) is 0 Å². The van der Waals surface area contributed by atoms with Crippen molar-refractivity contribution < 1.29 is 4.42 Å². The number of halogens is 1. The summed E-state index contributed by atoms with van der Waals surface area (Å²) in [5.41, 5.74) is 0.931. The summed E-state index contributed by atoms with van der Waals surface area (Å²) < 4.78 is 5.71. The lowest BCUT2D eigenvalue weighted by Crippen LogP contribution is -1.86. The number of aromatic nitrogens is 2. The Morgan fingerprint density at radius 3 is 3.00 bits per heavy atom. The zero-order chi connectivity index (χ0) is 13.9. The van der Waals surface area contributed by atoms with E-state index in [9.17, 15) is 0 Å². The van der Waals surface area contributed by atoms with Crippen molar-refractivity contribution in [2.24, 2.45) is 0 Å². The summed E-state index contributed by atoms with van der Waals surface area (Å²) in [6, 6.07) is 7.65. The van der Waals surface area contributed by atoms with Crippen molar-refractivity contribution in [2.75, 3.05) is 0 Å². The lowest BCUT2D eigenvalue weighted by atomic mass is 10.4. The van der Waals surface area contributed by atoms with E-state index in [1.165, 1.54) is 0 Å². The van der Waals surface area contributed by atoms with Crippen LogP contribution < -0.4 is 0 Å². The molecule has 0 spiro atoms. The third-order valence-corrected chi connectivity index (χ3v) is 4.99. The van der Waals surface area contributed by atoms with Gasteiger partial charge in [-0.2, -0.15) is 0 Å².